The van der Waals surface area contributed by atoms with Crippen LogP contribution in [-0.4, -0.2) is 29.5 Å². The number of aldehydes is 1. The van der Waals surface area contributed by atoms with Gasteiger partial charge in [0.2, 0.25) is 0 Å². The molecule has 0 aliphatic rings. The zero-order valence-corrected chi connectivity index (χ0v) is 8.49. The van der Waals surface area contributed by atoms with Gasteiger partial charge in [0.15, 0.2) is 0 Å². The summed E-state index contributed by atoms with van der Waals surface area (Å²) in [5.74, 6) is 0. The van der Waals surface area contributed by atoms with Crippen LogP contribution in [0.5, 0.6) is 0 Å². The molecule has 11 heavy (non-hydrogen) atoms. The Hall–Kier alpha value is -0.330. The molecule has 64 valence electrons. The fourth-order valence-corrected chi connectivity index (χ4v) is 0.801. The predicted octanol–water partition coefficient (Wildman–Crippen LogP) is 0.733. The van der Waals surface area contributed by atoms with Crippen LogP contribution in [0.3, 0.4) is 0 Å². The quantitative estimate of drug-likeness (QED) is 0.468. The van der Waals surface area contributed by atoms with Gasteiger partial charge < -0.3 is 14.8 Å². The number of carbonyl (C=O) groups is 2. The van der Waals surface area contributed by atoms with Crippen LogP contribution >= 0.6 is 22.6 Å². The molecule has 0 aliphatic heterocycles. The molecular formula is C6H10INO3. The van der Waals surface area contributed by atoms with Crippen LogP contribution < -0.4 is 5.32 Å². The van der Waals surface area contributed by atoms with Crippen LogP contribution in [0.1, 0.15) is 6.92 Å². The molecule has 0 bridgehead atoms. The lowest BCUT2D eigenvalue weighted by Gasteiger charge is -2.13. The maximum Gasteiger partial charge on any atom is 0.407 e. The standard InChI is InChI=1S/C6H10INO3/c1-4(7)5(3-9)8-6(10)11-2/h3-5H,1-2H3,(H,8,10)/t4-,5?/m1/s1. The summed E-state index contributed by atoms with van der Waals surface area (Å²) in [6.45, 7) is 1.83. The van der Waals surface area contributed by atoms with Crippen molar-refractivity contribution in [3.05, 3.63) is 0 Å². The Bertz CT molecular complexity index is 149. The van der Waals surface area contributed by atoms with Crippen molar-refractivity contribution in [1.29, 1.82) is 0 Å². The number of alkyl carbamates (subject to hydrolysis) is 1. The molecule has 0 rings (SSSR count). The summed E-state index contributed by atoms with van der Waals surface area (Å²) >= 11 is 2.05. The average Bonchev–Trinajstić information content (AvgIpc) is 1.99. The van der Waals surface area contributed by atoms with Gasteiger partial charge in [-0.2, -0.15) is 0 Å². The fourth-order valence-electron chi connectivity index (χ4n) is 0.452. The highest BCUT2D eigenvalue weighted by atomic mass is 127. The summed E-state index contributed by atoms with van der Waals surface area (Å²) in [5, 5.41) is 2.38. The number of rotatable bonds is 3. The van der Waals surface area contributed by atoms with Crippen molar-refractivity contribution < 1.29 is 14.3 Å². The summed E-state index contributed by atoms with van der Waals surface area (Å²) in [6.07, 6.45) is 0.110. The van der Waals surface area contributed by atoms with Crippen molar-refractivity contribution in [2.24, 2.45) is 0 Å². The van der Waals surface area contributed by atoms with Gasteiger partial charge in [-0.15, -0.1) is 0 Å². The molecule has 1 N–H and O–H groups in total. The van der Waals surface area contributed by atoms with Gasteiger partial charge in [-0.25, -0.2) is 4.79 Å². The van der Waals surface area contributed by atoms with Gasteiger partial charge in [-0.1, -0.05) is 29.5 Å². The second-order valence-electron chi connectivity index (χ2n) is 1.98. The molecule has 5 heteroatoms. The van der Waals surface area contributed by atoms with Crippen molar-refractivity contribution in [2.45, 2.75) is 16.9 Å². The van der Waals surface area contributed by atoms with E-state index in [0.717, 1.165) is 0 Å². The summed E-state index contributed by atoms with van der Waals surface area (Å²) < 4.78 is 4.38. The van der Waals surface area contributed by atoms with Crippen LogP contribution in [0.15, 0.2) is 0 Å². The van der Waals surface area contributed by atoms with Gasteiger partial charge in [0.1, 0.15) is 6.29 Å². The molecule has 0 aromatic carbocycles. The number of alkyl halides is 1. The highest BCUT2D eigenvalue weighted by Gasteiger charge is 2.15. The molecule has 4 nitrogen and oxygen atoms in total. The van der Waals surface area contributed by atoms with Crippen molar-refractivity contribution in [3.8, 4) is 0 Å². The van der Waals surface area contributed by atoms with Gasteiger partial charge in [0.05, 0.1) is 13.2 Å². The van der Waals surface area contributed by atoms with E-state index >= 15 is 0 Å². The first-order valence-electron chi connectivity index (χ1n) is 3.05. The molecule has 0 fully saturated rings. The van der Waals surface area contributed by atoms with Gasteiger partial charge in [0, 0.05) is 3.92 Å². The van der Waals surface area contributed by atoms with Crippen molar-refractivity contribution in [1.82, 2.24) is 5.32 Å². The molecule has 0 aromatic heterocycles. The van der Waals surface area contributed by atoms with Crippen LogP contribution in [0, 0.1) is 0 Å². The van der Waals surface area contributed by atoms with Crippen molar-refractivity contribution in [3.63, 3.8) is 0 Å². The lowest BCUT2D eigenvalue weighted by atomic mass is 10.2. The predicted molar refractivity (Wildman–Crippen MR) is 48.9 cm³/mol. The van der Waals surface area contributed by atoms with E-state index in [1.807, 2.05) is 6.92 Å². The summed E-state index contributed by atoms with van der Waals surface area (Å²) in [4.78, 5) is 20.9. The molecular weight excluding hydrogens is 261 g/mol. The zero-order chi connectivity index (χ0) is 8.85. The van der Waals surface area contributed by atoms with Gasteiger partial charge in [0.25, 0.3) is 0 Å². The highest BCUT2D eigenvalue weighted by molar-refractivity contribution is 14.1. The highest BCUT2D eigenvalue weighted by Crippen LogP contribution is 2.02. The maximum atomic E-state index is 10.6. The number of hydrogen-bond acceptors (Lipinski definition) is 3. The minimum absolute atomic E-state index is 0.0594. The van der Waals surface area contributed by atoms with E-state index in [2.05, 4.69) is 32.6 Å². The van der Waals surface area contributed by atoms with E-state index in [-0.39, 0.29) is 3.92 Å². The van der Waals surface area contributed by atoms with Gasteiger partial charge in [-0.3, -0.25) is 0 Å². The number of hydrogen-bond donors (Lipinski definition) is 1. The molecule has 0 spiro atoms. The minimum atomic E-state index is -0.578. The molecule has 1 amide bonds. The van der Waals surface area contributed by atoms with Gasteiger partial charge in [-0.05, 0) is 0 Å². The first-order valence-corrected chi connectivity index (χ1v) is 4.30. The number of carbonyl (C=O) groups excluding carboxylic acids is 2. The van der Waals surface area contributed by atoms with Crippen molar-refractivity contribution >= 4 is 35.0 Å². The first kappa shape index (κ1) is 10.7. The second kappa shape index (κ2) is 5.34. The normalized spacial score (nSPS) is 14.8. The third-order valence-corrected chi connectivity index (χ3v) is 1.89. The Morgan fingerprint density at radius 1 is 1.73 bits per heavy atom. The van der Waals surface area contributed by atoms with Crippen LogP contribution in [-0.2, 0) is 9.53 Å². The molecule has 0 radical (unpaired) electrons. The Balaban J connectivity index is 3.87. The second-order valence-corrected chi connectivity index (χ2v) is 3.94. The molecule has 0 saturated heterocycles. The number of methoxy groups -OCH3 is 1. The first-order chi connectivity index (χ1) is 5.11. The van der Waals surface area contributed by atoms with Crippen LogP contribution in [0.25, 0.3) is 0 Å². The van der Waals surface area contributed by atoms with E-state index in [4.69, 9.17) is 0 Å². The van der Waals surface area contributed by atoms with E-state index in [1.165, 1.54) is 7.11 Å². The largest absolute Gasteiger partial charge is 0.453 e. The van der Waals surface area contributed by atoms with E-state index < -0.39 is 12.1 Å². The van der Waals surface area contributed by atoms with Crippen LogP contribution in [0.4, 0.5) is 4.79 Å². The number of halogens is 1. The molecule has 0 heterocycles. The maximum absolute atomic E-state index is 10.6. The lowest BCUT2D eigenvalue weighted by molar-refractivity contribution is -0.109. The Morgan fingerprint density at radius 3 is 2.55 bits per heavy atom. The monoisotopic (exact) mass is 271 g/mol. The Labute approximate surface area is 78.8 Å². The molecule has 1 unspecified atom stereocenters. The third kappa shape index (κ3) is 4.18. The summed E-state index contributed by atoms with van der Waals surface area (Å²) in [6, 6.07) is -0.469. The molecule has 0 saturated carbocycles. The SMILES string of the molecule is COC(=O)NC(C=O)[C@@H](C)I. The molecule has 0 aliphatic carbocycles. The summed E-state index contributed by atoms with van der Waals surface area (Å²) in [7, 11) is 1.26. The van der Waals surface area contributed by atoms with E-state index in [1.54, 1.807) is 0 Å². The fraction of sp³-hybridized carbons (Fsp3) is 0.667. The molecule has 2 atom stereocenters. The van der Waals surface area contributed by atoms with Gasteiger partial charge >= 0.3 is 6.09 Å². The summed E-state index contributed by atoms with van der Waals surface area (Å²) in [5.41, 5.74) is 0. The third-order valence-electron chi connectivity index (χ3n) is 1.11. The number of ether oxygens (including phenoxy) is 1. The zero-order valence-electron chi connectivity index (χ0n) is 6.33. The Morgan fingerprint density at radius 2 is 2.27 bits per heavy atom. The van der Waals surface area contributed by atoms with E-state index in [9.17, 15) is 9.59 Å². The van der Waals surface area contributed by atoms with Crippen molar-refractivity contribution in [2.75, 3.05) is 7.11 Å². The smallest absolute Gasteiger partial charge is 0.407 e. The average molecular weight is 271 g/mol. The van der Waals surface area contributed by atoms with Crippen LogP contribution in [0.2, 0.25) is 0 Å². The minimum Gasteiger partial charge on any atom is -0.453 e. The molecule has 0 aromatic rings. The van der Waals surface area contributed by atoms with E-state index in [0.29, 0.717) is 6.29 Å². The number of amides is 1. The lowest BCUT2D eigenvalue weighted by Crippen LogP contribution is -2.40. The number of nitrogens with one attached hydrogen (secondary N) is 1. The Kier molecular flexibility index (Phi) is 5.18. The topological polar surface area (TPSA) is 55.4 Å².